The van der Waals surface area contributed by atoms with Gasteiger partial charge in [0.15, 0.2) is 0 Å². The largest absolute Gasteiger partial charge is 0.382 e. The lowest BCUT2D eigenvalue weighted by atomic mass is 9.99. The Morgan fingerprint density at radius 1 is 1.19 bits per heavy atom. The number of halogens is 1. The first kappa shape index (κ1) is 15.4. The molecule has 0 unspecified atom stereocenters. The molecule has 0 saturated heterocycles. The summed E-state index contributed by atoms with van der Waals surface area (Å²) < 4.78 is 16.2. The Labute approximate surface area is 150 Å². The van der Waals surface area contributed by atoms with E-state index in [1.54, 1.807) is 6.07 Å². The molecule has 2 aromatic carbocycles. The van der Waals surface area contributed by atoms with E-state index in [2.05, 4.69) is 22.8 Å². The van der Waals surface area contributed by atoms with Gasteiger partial charge in [-0.15, -0.1) is 0 Å². The minimum atomic E-state index is -0.423. The van der Waals surface area contributed by atoms with Gasteiger partial charge in [-0.1, -0.05) is 6.07 Å². The van der Waals surface area contributed by atoms with E-state index < -0.39 is 5.82 Å². The number of benzene rings is 2. The summed E-state index contributed by atoms with van der Waals surface area (Å²) >= 11 is 0. The number of rotatable bonds is 2. The van der Waals surface area contributed by atoms with Crippen molar-refractivity contribution >= 4 is 28.2 Å². The van der Waals surface area contributed by atoms with E-state index in [-0.39, 0.29) is 11.6 Å². The van der Waals surface area contributed by atoms with Crippen LogP contribution in [0.2, 0.25) is 0 Å². The lowest BCUT2D eigenvalue weighted by Gasteiger charge is -2.15. The van der Waals surface area contributed by atoms with E-state index in [0.717, 1.165) is 27.7 Å². The lowest BCUT2D eigenvalue weighted by Crippen LogP contribution is -2.11. The maximum atomic E-state index is 14.3. The summed E-state index contributed by atoms with van der Waals surface area (Å²) in [6, 6.07) is 9.42. The van der Waals surface area contributed by atoms with Crippen LogP contribution in [0, 0.1) is 5.82 Å². The van der Waals surface area contributed by atoms with Gasteiger partial charge < -0.3 is 10.6 Å². The average Bonchev–Trinajstić information content (AvgIpc) is 3.43. The summed E-state index contributed by atoms with van der Waals surface area (Å²) in [5.74, 6) is -0.0460. The van der Waals surface area contributed by atoms with Crippen LogP contribution < -0.4 is 10.6 Å². The number of carbonyl (C=O) groups excluding carboxylic acids is 1. The van der Waals surface area contributed by atoms with E-state index >= 15 is 0 Å². The van der Waals surface area contributed by atoms with Crippen LogP contribution in [-0.4, -0.2) is 22.2 Å². The van der Waals surface area contributed by atoms with Gasteiger partial charge in [0.25, 0.3) is 0 Å². The van der Waals surface area contributed by atoms with Crippen LogP contribution in [0.4, 0.5) is 15.8 Å². The van der Waals surface area contributed by atoms with E-state index in [1.807, 2.05) is 17.8 Å². The summed E-state index contributed by atoms with van der Waals surface area (Å²) in [4.78, 5) is 11.8. The third kappa shape index (κ3) is 2.36. The van der Waals surface area contributed by atoms with Crippen LogP contribution in [0.3, 0.4) is 0 Å². The fourth-order valence-corrected chi connectivity index (χ4v) is 3.75. The molecule has 0 atom stereocenters. The first-order valence-corrected chi connectivity index (χ1v) is 8.95. The first-order chi connectivity index (χ1) is 12.6. The van der Waals surface area contributed by atoms with Gasteiger partial charge in [-0.3, -0.25) is 9.48 Å². The van der Waals surface area contributed by atoms with Crippen molar-refractivity contribution in [2.45, 2.75) is 25.2 Å². The van der Waals surface area contributed by atoms with Gasteiger partial charge >= 0.3 is 0 Å². The predicted molar refractivity (Wildman–Crippen MR) is 99.8 cm³/mol. The normalized spacial score (nSPS) is 16.8. The molecule has 5 nitrogen and oxygen atoms in total. The highest BCUT2D eigenvalue weighted by Gasteiger charge is 2.29. The van der Waals surface area contributed by atoms with Gasteiger partial charge in [0.1, 0.15) is 11.5 Å². The second kappa shape index (κ2) is 5.56. The first-order valence-electron chi connectivity index (χ1n) is 8.95. The molecule has 0 radical (unpaired) electrons. The van der Waals surface area contributed by atoms with Gasteiger partial charge in [0, 0.05) is 36.9 Å². The standard InChI is InChI=1S/C20H19FN4O/c1-25-16-7-4-12(10-14(16)18(24-25)11-2-3-11)13-5-6-15(21)20-19(13)22-9-8-17(26)23-20/h4-7,10-11,22H,2-3,8-9H2,1H3,(H,23,26). The Bertz CT molecular complexity index is 1050. The third-order valence-electron chi connectivity index (χ3n) is 5.23. The minimum absolute atomic E-state index is 0.175. The second-order valence-electron chi connectivity index (χ2n) is 7.08. The molecular weight excluding hydrogens is 331 g/mol. The number of hydrogen-bond donors (Lipinski definition) is 2. The topological polar surface area (TPSA) is 59.0 Å². The molecular formula is C20H19FN4O. The quantitative estimate of drug-likeness (QED) is 0.734. The molecule has 2 aliphatic rings. The maximum absolute atomic E-state index is 14.3. The van der Waals surface area contributed by atoms with Crippen molar-refractivity contribution in [2.24, 2.45) is 7.05 Å². The number of aryl methyl sites for hydroxylation is 1. The van der Waals surface area contributed by atoms with Crippen LogP contribution in [0.15, 0.2) is 30.3 Å². The zero-order valence-corrected chi connectivity index (χ0v) is 14.5. The van der Waals surface area contributed by atoms with Crippen LogP contribution >= 0.6 is 0 Å². The van der Waals surface area contributed by atoms with Crippen molar-refractivity contribution in [3.63, 3.8) is 0 Å². The number of amides is 1. The van der Waals surface area contributed by atoms with E-state index in [0.29, 0.717) is 24.6 Å². The van der Waals surface area contributed by atoms with Gasteiger partial charge in [0.05, 0.1) is 16.9 Å². The fraction of sp³-hybridized carbons (Fsp3) is 0.300. The number of nitrogens with one attached hydrogen (secondary N) is 2. The van der Waals surface area contributed by atoms with Crippen molar-refractivity contribution < 1.29 is 9.18 Å². The number of carbonyl (C=O) groups is 1. The highest BCUT2D eigenvalue weighted by Crippen LogP contribution is 2.44. The van der Waals surface area contributed by atoms with E-state index in [1.165, 1.54) is 18.9 Å². The lowest BCUT2D eigenvalue weighted by molar-refractivity contribution is -0.115. The number of hydrogen-bond acceptors (Lipinski definition) is 3. The van der Waals surface area contributed by atoms with Gasteiger partial charge in [0.2, 0.25) is 5.91 Å². The zero-order valence-electron chi connectivity index (χ0n) is 14.5. The predicted octanol–water partition coefficient (Wildman–Crippen LogP) is 4.01. The number of fused-ring (bicyclic) bond motifs is 2. The van der Waals surface area contributed by atoms with Crippen molar-refractivity contribution in [2.75, 3.05) is 17.2 Å². The Balaban J connectivity index is 1.70. The molecule has 2 N–H and O–H groups in total. The molecule has 1 aliphatic carbocycles. The average molecular weight is 350 g/mol. The molecule has 0 bridgehead atoms. The molecule has 5 rings (SSSR count). The van der Waals surface area contributed by atoms with Crippen LogP contribution in [0.5, 0.6) is 0 Å². The second-order valence-corrected chi connectivity index (χ2v) is 7.08. The smallest absolute Gasteiger partial charge is 0.226 e. The Hall–Kier alpha value is -2.89. The van der Waals surface area contributed by atoms with E-state index in [9.17, 15) is 9.18 Å². The summed E-state index contributed by atoms with van der Waals surface area (Å²) in [6.07, 6.45) is 2.70. The summed E-state index contributed by atoms with van der Waals surface area (Å²) in [6.45, 7) is 0.484. The number of aromatic nitrogens is 2. The number of anilines is 2. The van der Waals surface area contributed by atoms with Crippen molar-refractivity contribution in [3.8, 4) is 11.1 Å². The van der Waals surface area contributed by atoms with Gasteiger partial charge in [-0.2, -0.15) is 5.10 Å². The van der Waals surface area contributed by atoms with Crippen molar-refractivity contribution in [1.82, 2.24) is 9.78 Å². The molecule has 0 spiro atoms. The molecule has 3 aromatic rings. The molecule has 1 amide bonds. The molecule has 1 fully saturated rings. The van der Waals surface area contributed by atoms with Crippen LogP contribution in [0.25, 0.3) is 22.0 Å². The Kier molecular flexibility index (Phi) is 3.29. The van der Waals surface area contributed by atoms with Crippen molar-refractivity contribution in [3.05, 3.63) is 41.8 Å². The Morgan fingerprint density at radius 2 is 2.04 bits per heavy atom. The highest BCUT2D eigenvalue weighted by molar-refractivity contribution is 6.01. The highest BCUT2D eigenvalue weighted by atomic mass is 19.1. The summed E-state index contributed by atoms with van der Waals surface area (Å²) in [5.41, 5.74) is 5.01. The number of nitrogens with zero attached hydrogens (tertiary/aromatic N) is 2. The molecule has 6 heteroatoms. The zero-order chi connectivity index (χ0) is 17.8. The Morgan fingerprint density at radius 3 is 2.85 bits per heavy atom. The molecule has 2 heterocycles. The third-order valence-corrected chi connectivity index (χ3v) is 5.23. The van der Waals surface area contributed by atoms with Gasteiger partial charge in [-0.05, 0) is 42.7 Å². The van der Waals surface area contributed by atoms with E-state index in [4.69, 9.17) is 5.10 Å². The maximum Gasteiger partial charge on any atom is 0.226 e. The van der Waals surface area contributed by atoms with Gasteiger partial charge in [-0.25, -0.2) is 4.39 Å². The SMILES string of the molecule is Cn1nc(C2CC2)c2cc(-c3ccc(F)c4c3NCCC(=O)N4)ccc21. The summed E-state index contributed by atoms with van der Waals surface area (Å²) in [5, 5.41) is 11.8. The monoisotopic (exact) mass is 350 g/mol. The van der Waals surface area contributed by atoms with Crippen LogP contribution in [0.1, 0.15) is 30.9 Å². The minimum Gasteiger partial charge on any atom is -0.382 e. The molecule has 1 aliphatic heterocycles. The molecule has 1 saturated carbocycles. The summed E-state index contributed by atoms with van der Waals surface area (Å²) in [7, 11) is 1.97. The van der Waals surface area contributed by atoms with Crippen molar-refractivity contribution in [1.29, 1.82) is 0 Å². The fourth-order valence-electron chi connectivity index (χ4n) is 3.75. The van der Waals surface area contributed by atoms with Crippen LogP contribution in [-0.2, 0) is 11.8 Å². The molecule has 132 valence electrons. The molecule has 26 heavy (non-hydrogen) atoms. The molecule has 1 aromatic heterocycles.